The van der Waals surface area contributed by atoms with Crippen LogP contribution in [0.1, 0.15) is 28.4 Å². The van der Waals surface area contributed by atoms with Crippen molar-refractivity contribution in [3.63, 3.8) is 0 Å². The van der Waals surface area contributed by atoms with E-state index in [1.165, 1.54) is 9.13 Å². The topological polar surface area (TPSA) is 91.6 Å². The van der Waals surface area contributed by atoms with E-state index in [9.17, 15) is 14.4 Å². The van der Waals surface area contributed by atoms with Crippen molar-refractivity contribution >= 4 is 16.9 Å². The molecule has 0 saturated heterocycles. The molecular formula is C27H27N3O5. The number of hydrogen-bond acceptors (Lipinski definition) is 5. The Morgan fingerprint density at radius 3 is 2.14 bits per heavy atom. The number of nitrogens with zero attached hydrogens (tertiary/aromatic N) is 2. The van der Waals surface area contributed by atoms with Gasteiger partial charge >= 0.3 is 11.1 Å². The Hall–Kier alpha value is -4.33. The maximum Gasteiger partial charge on any atom is 0.317 e. The van der Waals surface area contributed by atoms with E-state index in [-0.39, 0.29) is 12.5 Å². The molecule has 0 radical (unpaired) electrons. The molecule has 0 fully saturated rings. The number of benzene rings is 3. The highest BCUT2D eigenvalue weighted by molar-refractivity contribution is 5.94. The summed E-state index contributed by atoms with van der Waals surface area (Å²) in [6.45, 7) is 2.78. The van der Waals surface area contributed by atoms with Crippen LogP contribution in [0.2, 0.25) is 0 Å². The summed E-state index contributed by atoms with van der Waals surface area (Å²) in [7, 11) is 3.15. The van der Waals surface area contributed by atoms with Gasteiger partial charge in [0.15, 0.2) is 0 Å². The van der Waals surface area contributed by atoms with Gasteiger partial charge < -0.3 is 19.4 Å². The molecule has 0 atom stereocenters. The summed E-state index contributed by atoms with van der Waals surface area (Å²) < 4.78 is 13.5. The fourth-order valence-corrected chi connectivity index (χ4v) is 4.06. The van der Waals surface area contributed by atoms with Crippen molar-refractivity contribution in [2.24, 2.45) is 0 Å². The highest BCUT2D eigenvalue weighted by Gasteiger charge is 2.13. The predicted octanol–water partition coefficient (Wildman–Crippen LogP) is 3.18. The van der Waals surface area contributed by atoms with E-state index >= 15 is 0 Å². The summed E-state index contributed by atoms with van der Waals surface area (Å²) in [4.78, 5) is 38.1. The third-order valence-corrected chi connectivity index (χ3v) is 5.94. The number of carbonyl (C=O) groups excluding carboxylic acids is 1. The van der Waals surface area contributed by atoms with E-state index in [2.05, 4.69) is 5.32 Å². The van der Waals surface area contributed by atoms with E-state index in [1.54, 1.807) is 44.6 Å². The van der Waals surface area contributed by atoms with Gasteiger partial charge in [0.25, 0.3) is 5.91 Å². The summed E-state index contributed by atoms with van der Waals surface area (Å²) in [5.74, 6) is 1.07. The molecule has 8 heteroatoms. The zero-order valence-electron chi connectivity index (χ0n) is 19.9. The highest BCUT2D eigenvalue weighted by Crippen LogP contribution is 2.24. The quantitative estimate of drug-likeness (QED) is 0.397. The Morgan fingerprint density at radius 1 is 0.857 bits per heavy atom. The number of para-hydroxylation sites is 2. The second-order valence-electron chi connectivity index (χ2n) is 7.99. The molecule has 1 amide bonds. The smallest absolute Gasteiger partial charge is 0.317 e. The van der Waals surface area contributed by atoms with E-state index in [0.717, 1.165) is 11.1 Å². The molecule has 0 aliphatic carbocycles. The van der Waals surface area contributed by atoms with Gasteiger partial charge in [-0.1, -0.05) is 24.3 Å². The lowest BCUT2D eigenvalue weighted by atomic mass is 10.1. The predicted molar refractivity (Wildman–Crippen MR) is 134 cm³/mol. The molecule has 0 saturated carbocycles. The largest absolute Gasteiger partial charge is 0.497 e. The van der Waals surface area contributed by atoms with Crippen molar-refractivity contribution in [3.05, 3.63) is 104 Å². The van der Waals surface area contributed by atoms with Gasteiger partial charge in [-0.25, -0.2) is 0 Å². The molecule has 1 N–H and O–H groups in total. The number of rotatable bonds is 8. The Bertz CT molecular complexity index is 1490. The zero-order chi connectivity index (χ0) is 24.9. The van der Waals surface area contributed by atoms with Gasteiger partial charge in [0.1, 0.15) is 11.5 Å². The van der Waals surface area contributed by atoms with Crippen molar-refractivity contribution < 1.29 is 14.3 Å². The van der Waals surface area contributed by atoms with Gasteiger partial charge in [0, 0.05) is 30.3 Å². The monoisotopic (exact) mass is 473 g/mol. The fraction of sp³-hybridized carbons (Fsp3) is 0.222. The van der Waals surface area contributed by atoms with Crippen LogP contribution in [-0.4, -0.2) is 29.3 Å². The van der Waals surface area contributed by atoms with Gasteiger partial charge in [-0.05, 0) is 48.9 Å². The highest BCUT2D eigenvalue weighted by atomic mass is 16.5. The Balaban J connectivity index is 1.52. The molecule has 8 nitrogen and oxygen atoms in total. The van der Waals surface area contributed by atoms with Crippen LogP contribution < -0.4 is 25.9 Å². The van der Waals surface area contributed by atoms with Crippen molar-refractivity contribution in [3.8, 4) is 11.5 Å². The Morgan fingerprint density at radius 2 is 1.51 bits per heavy atom. The number of methoxy groups -OCH3 is 2. The molecule has 0 aliphatic rings. The van der Waals surface area contributed by atoms with E-state index in [0.29, 0.717) is 41.2 Å². The van der Waals surface area contributed by atoms with E-state index in [1.807, 2.05) is 43.3 Å². The second-order valence-corrected chi connectivity index (χ2v) is 7.99. The first-order chi connectivity index (χ1) is 17.0. The minimum absolute atomic E-state index is 0.226. The number of fused-ring (bicyclic) bond motifs is 1. The minimum atomic E-state index is -0.569. The van der Waals surface area contributed by atoms with Crippen LogP contribution in [0.4, 0.5) is 0 Å². The summed E-state index contributed by atoms with van der Waals surface area (Å²) in [6.07, 6.45) is 0. The molecule has 0 bridgehead atoms. The summed E-state index contributed by atoms with van der Waals surface area (Å²) in [5.41, 5.74) is 2.40. The number of aromatic nitrogens is 2. The summed E-state index contributed by atoms with van der Waals surface area (Å²) >= 11 is 0. The maximum absolute atomic E-state index is 12.8. The zero-order valence-corrected chi connectivity index (χ0v) is 19.9. The molecular weight excluding hydrogens is 446 g/mol. The first-order valence-electron chi connectivity index (χ1n) is 11.3. The lowest BCUT2D eigenvalue weighted by Crippen LogP contribution is -2.41. The first-order valence-corrected chi connectivity index (χ1v) is 11.3. The van der Waals surface area contributed by atoms with Crippen molar-refractivity contribution in [1.82, 2.24) is 14.5 Å². The molecule has 0 spiro atoms. The van der Waals surface area contributed by atoms with E-state index < -0.39 is 11.1 Å². The third-order valence-electron chi connectivity index (χ3n) is 5.94. The van der Waals surface area contributed by atoms with Crippen LogP contribution in [0.15, 0.2) is 76.3 Å². The van der Waals surface area contributed by atoms with Crippen LogP contribution >= 0.6 is 0 Å². The first kappa shape index (κ1) is 23.8. The lowest BCUT2D eigenvalue weighted by molar-refractivity contribution is 0.0950. The summed E-state index contributed by atoms with van der Waals surface area (Å²) in [5, 5.41) is 2.89. The summed E-state index contributed by atoms with van der Waals surface area (Å²) in [6, 6.07) is 19.8. The Kier molecular flexibility index (Phi) is 7.01. The van der Waals surface area contributed by atoms with E-state index in [4.69, 9.17) is 9.47 Å². The van der Waals surface area contributed by atoms with Crippen LogP contribution in [0.25, 0.3) is 11.0 Å². The Labute approximate surface area is 202 Å². The van der Waals surface area contributed by atoms with Crippen LogP contribution in [-0.2, 0) is 19.6 Å². The average Bonchev–Trinajstić information content (AvgIpc) is 2.90. The second kappa shape index (κ2) is 10.3. The lowest BCUT2D eigenvalue weighted by Gasteiger charge is -2.14. The molecule has 4 rings (SSSR count). The standard InChI is InChI=1S/C27H27N3O5/c1-4-29-22-7-5-6-8-23(22)30(27(33)26(29)32)17-18-9-11-19(12-10-18)25(31)28-16-20-13-14-21(34-2)15-24(20)35-3/h5-15H,4,16-17H2,1-3H3,(H,28,31). The van der Waals surface area contributed by atoms with Crippen molar-refractivity contribution in [2.45, 2.75) is 26.6 Å². The maximum atomic E-state index is 12.8. The van der Waals surface area contributed by atoms with Gasteiger partial charge in [-0.3, -0.25) is 19.0 Å². The SMILES string of the molecule is CCn1c(=O)c(=O)n(Cc2ccc(C(=O)NCc3ccc(OC)cc3OC)cc2)c2ccccc21. The number of carbonyl (C=O) groups is 1. The van der Waals surface area contributed by atoms with Gasteiger partial charge in [-0.15, -0.1) is 0 Å². The van der Waals surface area contributed by atoms with Crippen LogP contribution in [0, 0.1) is 0 Å². The number of nitrogens with one attached hydrogen (secondary N) is 1. The average molecular weight is 474 g/mol. The van der Waals surface area contributed by atoms with Crippen molar-refractivity contribution in [2.75, 3.05) is 14.2 Å². The number of amides is 1. The van der Waals surface area contributed by atoms with Crippen molar-refractivity contribution in [1.29, 1.82) is 0 Å². The molecule has 3 aromatic carbocycles. The van der Waals surface area contributed by atoms with Crippen LogP contribution in [0.5, 0.6) is 11.5 Å². The molecule has 0 aliphatic heterocycles. The van der Waals surface area contributed by atoms with Gasteiger partial charge in [-0.2, -0.15) is 0 Å². The minimum Gasteiger partial charge on any atom is -0.497 e. The van der Waals surface area contributed by atoms with Gasteiger partial charge in [0.2, 0.25) is 0 Å². The molecule has 180 valence electrons. The molecule has 1 heterocycles. The normalized spacial score (nSPS) is 10.8. The third kappa shape index (κ3) is 4.82. The van der Waals surface area contributed by atoms with Gasteiger partial charge in [0.05, 0.1) is 31.8 Å². The number of aryl methyl sites for hydroxylation is 1. The van der Waals surface area contributed by atoms with Crippen LogP contribution in [0.3, 0.4) is 0 Å². The fourth-order valence-electron chi connectivity index (χ4n) is 4.06. The number of ether oxygens (including phenoxy) is 2. The molecule has 0 unspecified atom stereocenters. The molecule has 4 aromatic rings. The molecule has 1 aromatic heterocycles. The number of hydrogen-bond donors (Lipinski definition) is 1. The molecule has 35 heavy (non-hydrogen) atoms.